The van der Waals surface area contributed by atoms with Crippen LogP contribution in [0, 0.1) is 5.92 Å². The molecule has 1 N–H and O–H groups in total. The molecule has 1 aliphatic rings. The number of pyridine rings is 1. The molecule has 4 rings (SSSR count). The minimum Gasteiger partial charge on any atom is -0.496 e. The number of nitrogens with one attached hydrogen (secondary N) is 1. The highest BCUT2D eigenvalue weighted by atomic mass is 35.5. The molecule has 0 saturated heterocycles. The first-order valence-corrected chi connectivity index (χ1v) is 8.35. The standard InChI is InChI=1S/C18H14ClFN4O2/c1-26-15-2-3-21-8-12(15)9-4-10-6-16(22-18(25)11-7-14(11)20)23-24-17(10)13(19)5-9/h2-6,8,11,14H,7H2,1H3,(H,22,23,25)/t11-,14?/m1/s1. The van der Waals surface area contributed by atoms with Gasteiger partial charge in [-0.25, -0.2) is 4.39 Å². The average Bonchev–Trinajstić information content (AvgIpc) is 3.38. The Bertz CT molecular complexity index is 1010. The lowest BCUT2D eigenvalue weighted by Gasteiger charge is -2.10. The van der Waals surface area contributed by atoms with E-state index in [1.807, 2.05) is 6.07 Å². The molecule has 1 saturated carbocycles. The van der Waals surface area contributed by atoms with E-state index in [-0.39, 0.29) is 18.1 Å². The summed E-state index contributed by atoms with van der Waals surface area (Å²) in [6, 6.07) is 7.04. The second kappa shape index (κ2) is 6.49. The van der Waals surface area contributed by atoms with E-state index in [4.69, 9.17) is 16.3 Å². The van der Waals surface area contributed by atoms with Crippen LogP contribution in [0.1, 0.15) is 6.42 Å². The number of carbonyl (C=O) groups is 1. The van der Waals surface area contributed by atoms with Crippen LogP contribution >= 0.6 is 11.6 Å². The molecule has 3 aromatic rings. The summed E-state index contributed by atoms with van der Waals surface area (Å²) >= 11 is 6.34. The molecule has 1 amide bonds. The molecule has 2 heterocycles. The summed E-state index contributed by atoms with van der Waals surface area (Å²) in [5, 5.41) is 11.7. The Labute approximate surface area is 153 Å². The van der Waals surface area contributed by atoms with Crippen LogP contribution < -0.4 is 10.1 Å². The van der Waals surface area contributed by atoms with Gasteiger partial charge in [-0.1, -0.05) is 11.6 Å². The van der Waals surface area contributed by atoms with Gasteiger partial charge < -0.3 is 10.1 Å². The van der Waals surface area contributed by atoms with Crippen LogP contribution in [0.15, 0.2) is 36.7 Å². The van der Waals surface area contributed by atoms with Gasteiger partial charge in [0.25, 0.3) is 0 Å². The first kappa shape index (κ1) is 16.7. The molecule has 1 aromatic carbocycles. The summed E-state index contributed by atoms with van der Waals surface area (Å²) in [6.07, 6.45) is 2.51. The number of amides is 1. The number of ether oxygens (including phenoxy) is 1. The minimum atomic E-state index is -1.07. The molecule has 1 fully saturated rings. The van der Waals surface area contributed by atoms with E-state index in [0.29, 0.717) is 21.7 Å². The molecule has 2 atom stereocenters. The van der Waals surface area contributed by atoms with Gasteiger partial charge in [-0.3, -0.25) is 9.78 Å². The van der Waals surface area contributed by atoms with Crippen LogP contribution in [0.4, 0.5) is 10.2 Å². The van der Waals surface area contributed by atoms with Gasteiger partial charge in [0.2, 0.25) is 5.91 Å². The topological polar surface area (TPSA) is 77.0 Å². The van der Waals surface area contributed by atoms with Crippen molar-refractivity contribution < 1.29 is 13.9 Å². The van der Waals surface area contributed by atoms with Crippen molar-refractivity contribution in [2.24, 2.45) is 5.92 Å². The molecule has 132 valence electrons. The molecule has 6 nitrogen and oxygen atoms in total. The number of fused-ring (bicyclic) bond motifs is 1. The van der Waals surface area contributed by atoms with Gasteiger partial charge in [0, 0.05) is 23.3 Å². The molecule has 0 bridgehead atoms. The highest BCUT2D eigenvalue weighted by molar-refractivity contribution is 6.35. The van der Waals surface area contributed by atoms with Crippen molar-refractivity contribution in [1.82, 2.24) is 15.2 Å². The number of rotatable bonds is 4. The highest BCUT2D eigenvalue weighted by Gasteiger charge is 2.43. The lowest BCUT2D eigenvalue weighted by Crippen LogP contribution is -2.16. The first-order valence-electron chi connectivity index (χ1n) is 7.97. The fourth-order valence-electron chi connectivity index (χ4n) is 2.76. The average molecular weight is 373 g/mol. The van der Waals surface area contributed by atoms with Gasteiger partial charge in [0.1, 0.15) is 17.4 Å². The second-order valence-corrected chi connectivity index (χ2v) is 6.46. The van der Waals surface area contributed by atoms with E-state index >= 15 is 0 Å². The number of halogens is 2. The van der Waals surface area contributed by atoms with Crippen LogP contribution in [0.2, 0.25) is 5.02 Å². The van der Waals surface area contributed by atoms with Crippen molar-refractivity contribution in [2.75, 3.05) is 12.4 Å². The van der Waals surface area contributed by atoms with E-state index in [1.165, 1.54) is 0 Å². The number of nitrogens with zero attached hydrogens (tertiary/aromatic N) is 3. The molecular weight excluding hydrogens is 359 g/mol. The summed E-state index contributed by atoms with van der Waals surface area (Å²) in [7, 11) is 1.58. The minimum absolute atomic E-state index is 0.254. The maximum Gasteiger partial charge on any atom is 0.231 e. The van der Waals surface area contributed by atoms with E-state index < -0.39 is 12.1 Å². The van der Waals surface area contributed by atoms with Crippen molar-refractivity contribution >= 4 is 34.2 Å². The van der Waals surface area contributed by atoms with Crippen molar-refractivity contribution in [3.8, 4) is 16.9 Å². The van der Waals surface area contributed by atoms with E-state index in [2.05, 4.69) is 20.5 Å². The number of methoxy groups -OCH3 is 1. The maximum atomic E-state index is 13.0. The van der Waals surface area contributed by atoms with Crippen molar-refractivity contribution in [2.45, 2.75) is 12.6 Å². The molecule has 8 heteroatoms. The predicted molar refractivity (Wildman–Crippen MR) is 96.0 cm³/mol. The van der Waals surface area contributed by atoms with Crippen LogP contribution in [-0.2, 0) is 4.79 Å². The molecule has 2 aromatic heterocycles. The lowest BCUT2D eigenvalue weighted by molar-refractivity contribution is -0.117. The SMILES string of the molecule is COc1ccncc1-c1cc(Cl)c2nnc(NC(=O)[C@@H]3CC3F)cc2c1. The van der Waals surface area contributed by atoms with Crippen LogP contribution in [0.25, 0.3) is 22.0 Å². The highest BCUT2D eigenvalue weighted by Crippen LogP contribution is 2.36. The molecule has 0 aliphatic heterocycles. The maximum absolute atomic E-state index is 13.0. The zero-order valence-electron chi connectivity index (χ0n) is 13.7. The van der Waals surface area contributed by atoms with E-state index in [1.54, 1.807) is 37.7 Å². The Hall–Kier alpha value is -2.80. The number of hydrogen-bond donors (Lipinski definition) is 1. The Balaban J connectivity index is 1.73. The number of carbonyl (C=O) groups excluding carboxylic acids is 1. The third kappa shape index (κ3) is 3.06. The van der Waals surface area contributed by atoms with Gasteiger partial charge in [-0.15, -0.1) is 10.2 Å². The third-order valence-electron chi connectivity index (χ3n) is 4.26. The van der Waals surface area contributed by atoms with Gasteiger partial charge >= 0.3 is 0 Å². The van der Waals surface area contributed by atoms with E-state index in [0.717, 1.165) is 11.1 Å². The van der Waals surface area contributed by atoms with Crippen LogP contribution in [0.3, 0.4) is 0 Å². The summed E-state index contributed by atoms with van der Waals surface area (Å²) < 4.78 is 18.4. The van der Waals surface area contributed by atoms with Crippen LogP contribution in [0.5, 0.6) is 5.75 Å². The number of benzene rings is 1. The molecular formula is C18H14ClFN4O2. The van der Waals surface area contributed by atoms with Gasteiger partial charge in [-0.2, -0.15) is 0 Å². The van der Waals surface area contributed by atoms with Gasteiger partial charge in [0.05, 0.1) is 18.1 Å². The molecule has 1 aliphatic carbocycles. The first-order chi connectivity index (χ1) is 12.6. The van der Waals surface area contributed by atoms with Crippen molar-refractivity contribution in [3.05, 3.63) is 41.7 Å². The lowest BCUT2D eigenvalue weighted by atomic mass is 10.0. The monoisotopic (exact) mass is 372 g/mol. The Kier molecular flexibility index (Phi) is 4.16. The van der Waals surface area contributed by atoms with Crippen molar-refractivity contribution in [3.63, 3.8) is 0 Å². The Morgan fingerprint density at radius 3 is 2.88 bits per heavy atom. The molecule has 1 unspecified atom stereocenters. The quantitative estimate of drug-likeness (QED) is 0.756. The second-order valence-electron chi connectivity index (χ2n) is 6.05. The predicted octanol–water partition coefficient (Wildman–Crippen LogP) is 3.65. The fraction of sp³-hybridized carbons (Fsp3) is 0.222. The number of hydrogen-bond acceptors (Lipinski definition) is 5. The number of anilines is 1. The summed E-state index contributed by atoms with van der Waals surface area (Å²) in [6.45, 7) is 0. The summed E-state index contributed by atoms with van der Waals surface area (Å²) in [4.78, 5) is 16.0. The molecule has 26 heavy (non-hydrogen) atoms. The normalized spacial score (nSPS) is 18.6. The van der Waals surface area contributed by atoms with Crippen LogP contribution in [-0.4, -0.2) is 34.4 Å². The fourth-order valence-corrected chi connectivity index (χ4v) is 3.03. The largest absolute Gasteiger partial charge is 0.496 e. The summed E-state index contributed by atoms with van der Waals surface area (Å²) in [5.74, 6) is -0.0638. The Morgan fingerprint density at radius 1 is 1.35 bits per heavy atom. The number of alkyl halides is 1. The van der Waals surface area contributed by atoms with E-state index in [9.17, 15) is 9.18 Å². The van der Waals surface area contributed by atoms with Gasteiger partial charge in [-0.05, 0) is 36.2 Å². The third-order valence-corrected chi connectivity index (χ3v) is 4.54. The van der Waals surface area contributed by atoms with Crippen molar-refractivity contribution in [1.29, 1.82) is 0 Å². The molecule has 0 spiro atoms. The van der Waals surface area contributed by atoms with Gasteiger partial charge in [0.15, 0.2) is 5.82 Å². The zero-order valence-corrected chi connectivity index (χ0v) is 14.5. The smallest absolute Gasteiger partial charge is 0.231 e. The summed E-state index contributed by atoms with van der Waals surface area (Å²) in [5.41, 5.74) is 2.08. The zero-order chi connectivity index (χ0) is 18.3. The Morgan fingerprint density at radius 2 is 2.15 bits per heavy atom. The number of aromatic nitrogens is 3. The molecule has 0 radical (unpaired) electrons.